The Hall–Kier alpha value is -1.37. The summed E-state index contributed by atoms with van der Waals surface area (Å²) >= 11 is 0. The van der Waals surface area contributed by atoms with E-state index in [9.17, 15) is 9.59 Å². The quantitative estimate of drug-likeness (QED) is 0.634. The van der Waals surface area contributed by atoms with Gasteiger partial charge in [0.15, 0.2) is 0 Å². The number of amides is 2. The van der Waals surface area contributed by atoms with E-state index in [0.29, 0.717) is 12.2 Å². The van der Waals surface area contributed by atoms with E-state index in [-0.39, 0.29) is 43.2 Å². The van der Waals surface area contributed by atoms with Crippen LogP contribution in [0.1, 0.15) is 17.4 Å². The van der Waals surface area contributed by atoms with Gasteiger partial charge in [0.2, 0.25) is 5.91 Å². The van der Waals surface area contributed by atoms with Crippen molar-refractivity contribution in [3.05, 3.63) is 30.1 Å². The summed E-state index contributed by atoms with van der Waals surface area (Å²) in [6.07, 6.45) is 1.53. The van der Waals surface area contributed by atoms with Crippen molar-refractivity contribution in [1.82, 2.24) is 20.9 Å². The number of carbonyl (C=O) groups is 2. The van der Waals surface area contributed by atoms with Gasteiger partial charge in [0, 0.05) is 19.3 Å². The monoisotopic (exact) mass is 322 g/mol. The van der Waals surface area contributed by atoms with Gasteiger partial charge in [-0.1, -0.05) is 13.0 Å². The molecule has 1 rings (SSSR count). The molecule has 0 aromatic carbocycles. The summed E-state index contributed by atoms with van der Waals surface area (Å²) in [5.74, 6) is -0.561. The van der Waals surface area contributed by atoms with Gasteiger partial charge < -0.3 is 16.0 Å². The van der Waals surface area contributed by atoms with Crippen molar-refractivity contribution in [1.29, 1.82) is 0 Å². The second-order valence-corrected chi connectivity index (χ2v) is 3.60. The lowest BCUT2D eigenvalue weighted by Crippen LogP contribution is -2.39. The number of carbonyl (C=O) groups excluding carboxylic acids is 2. The van der Waals surface area contributed by atoms with Gasteiger partial charge in [-0.3, -0.25) is 14.6 Å². The molecule has 0 atom stereocenters. The Bertz CT molecular complexity index is 390. The average Bonchev–Trinajstić information content (AvgIpc) is 2.42. The molecular formula is C12H20Cl2N4O2. The Morgan fingerprint density at radius 3 is 2.50 bits per heavy atom. The van der Waals surface area contributed by atoms with Crippen molar-refractivity contribution in [3.63, 3.8) is 0 Å². The SMILES string of the molecule is CCNCCNC(=O)CNC(=O)c1ccccn1.Cl.Cl. The van der Waals surface area contributed by atoms with Crippen LogP contribution in [0.5, 0.6) is 0 Å². The number of hydrogen-bond donors (Lipinski definition) is 3. The summed E-state index contributed by atoms with van der Waals surface area (Å²) in [6, 6.07) is 5.04. The number of rotatable bonds is 7. The van der Waals surface area contributed by atoms with Gasteiger partial charge in [-0.15, -0.1) is 24.8 Å². The minimum atomic E-state index is -0.350. The van der Waals surface area contributed by atoms with E-state index < -0.39 is 0 Å². The van der Waals surface area contributed by atoms with Crippen molar-refractivity contribution in [2.45, 2.75) is 6.92 Å². The van der Waals surface area contributed by atoms with Crippen molar-refractivity contribution in [3.8, 4) is 0 Å². The van der Waals surface area contributed by atoms with Gasteiger partial charge in [0.1, 0.15) is 5.69 Å². The van der Waals surface area contributed by atoms with Crippen molar-refractivity contribution < 1.29 is 9.59 Å². The van der Waals surface area contributed by atoms with Gasteiger partial charge in [0.05, 0.1) is 6.54 Å². The highest BCUT2D eigenvalue weighted by Gasteiger charge is 2.07. The summed E-state index contributed by atoms with van der Waals surface area (Å²) in [7, 11) is 0. The fraction of sp³-hybridized carbons (Fsp3) is 0.417. The van der Waals surface area contributed by atoms with E-state index in [0.717, 1.165) is 13.1 Å². The predicted octanol–water partition coefficient (Wildman–Crippen LogP) is 0.381. The van der Waals surface area contributed by atoms with Crippen LogP contribution in [0, 0.1) is 0 Å². The molecule has 0 aliphatic carbocycles. The highest BCUT2D eigenvalue weighted by molar-refractivity contribution is 5.94. The molecule has 1 aromatic rings. The highest BCUT2D eigenvalue weighted by Crippen LogP contribution is 1.91. The summed E-state index contributed by atoms with van der Waals surface area (Å²) in [5.41, 5.74) is 0.304. The third kappa shape index (κ3) is 8.68. The van der Waals surface area contributed by atoms with E-state index in [1.165, 1.54) is 6.20 Å². The molecule has 8 heteroatoms. The molecule has 0 aliphatic heterocycles. The predicted molar refractivity (Wildman–Crippen MR) is 82.6 cm³/mol. The standard InChI is InChI=1S/C12H18N4O2.2ClH/c1-2-13-7-8-15-11(17)9-16-12(18)10-5-3-4-6-14-10;;/h3-6,13H,2,7-9H2,1H3,(H,15,17)(H,16,18);2*1H. The number of nitrogens with zero attached hydrogens (tertiary/aromatic N) is 1. The molecule has 0 radical (unpaired) electrons. The molecule has 0 saturated heterocycles. The molecule has 2 amide bonds. The Morgan fingerprint density at radius 1 is 1.15 bits per heavy atom. The van der Waals surface area contributed by atoms with E-state index >= 15 is 0 Å². The first-order valence-corrected chi connectivity index (χ1v) is 5.90. The summed E-state index contributed by atoms with van der Waals surface area (Å²) in [6.45, 7) is 4.09. The zero-order valence-electron chi connectivity index (χ0n) is 11.2. The van der Waals surface area contributed by atoms with Gasteiger partial charge in [0.25, 0.3) is 5.91 Å². The topological polar surface area (TPSA) is 83.1 Å². The van der Waals surface area contributed by atoms with Gasteiger partial charge in [-0.05, 0) is 18.7 Å². The van der Waals surface area contributed by atoms with Crippen LogP contribution < -0.4 is 16.0 Å². The molecule has 0 unspecified atom stereocenters. The van der Waals surface area contributed by atoms with Crippen molar-refractivity contribution >= 4 is 36.6 Å². The van der Waals surface area contributed by atoms with Crippen LogP contribution in [0.3, 0.4) is 0 Å². The molecule has 114 valence electrons. The number of likely N-dealkylation sites (N-methyl/N-ethyl adjacent to an activating group) is 1. The number of hydrogen-bond acceptors (Lipinski definition) is 4. The summed E-state index contributed by atoms with van der Waals surface area (Å²) < 4.78 is 0. The highest BCUT2D eigenvalue weighted by atomic mass is 35.5. The van der Waals surface area contributed by atoms with Gasteiger partial charge >= 0.3 is 0 Å². The lowest BCUT2D eigenvalue weighted by molar-refractivity contribution is -0.120. The van der Waals surface area contributed by atoms with E-state index in [2.05, 4.69) is 20.9 Å². The van der Waals surface area contributed by atoms with Crippen molar-refractivity contribution in [2.75, 3.05) is 26.2 Å². The number of aromatic nitrogens is 1. The largest absolute Gasteiger partial charge is 0.353 e. The number of nitrogens with one attached hydrogen (secondary N) is 3. The summed E-state index contributed by atoms with van der Waals surface area (Å²) in [4.78, 5) is 26.8. The molecular weight excluding hydrogens is 303 g/mol. The van der Waals surface area contributed by atoms with Crippen LogP contribution in [0.25, 0.3) is 0 Å². The average molecular weight is 323 g/mol. The third-order valence-electron chi connectivity index (χ3n) is 2.18. The van der Waals surface area contributed by atoms with Gasteiger partial charge in [-0.2, -0.15) is 0 Å². The second kappa shape index (κ2) is 12.7. The van der Waals surface area contributed by atoms with Crippen LogP contribution in [-0.4, -0.2) is 43.0 Å². The smallest absolute Gasteiger partial charge is 0.270 e. The maximum Gasteiger partial charge on any atom is 0.270 e. The maximum atomic E-state index is 11.6. The Balaban J connectivity index is 0. The van der Waals surface area contributed by atoms with Crippen LogP contribution in [0.2, 0.25) is 0 Å². The molecule has 6 nitrogen and oxygen atoms in total. The fourth-order valence-electron chi connectivity index (χ4n) is 1.28. The van der Waals surface area contributed by atoms with E-state index in [4.69, 9.17) is 0 Å². The number of halogens is 2. The van der Waals surface area contributed by atoms with Crippen LogP contribution in [0.15, 0.2) is 24.4 Å². The Labute approximate surface area is 130 Å². The van der Waals surface area contributed by atoms with Crippen LogP contribution in [-0.2, 0) is 4.79 Å². The molecule has 3 N–H and O–H groups in total. The molecule has 0 spiro atoms. The molecule has 1 heterocycles. The first-order chi connectivity index (χ1) is 8.74. The molecule has 1 aromatic heterocycles. The lowest BCUT2D eigenvalue weighted by atomic mass is 10.3. The second-order valence-electron chi connectivity index (χ2n) is 3.60. The first kappa shape index (κ1) is 20.9. The van der Waals surface area contributed by atoms with Crippen LogP contribution in [0.4, 0.5) is 0 Å². The molecule has 20 heavy (non-hydrogen) atoms. The van der Waals surface area contributed by atoms with E-state index in [1.807, 2.05) is 6.92 Å². The lowest BCUT2D eigenvalue weighted by Gasteiger charge is -2.06. The Kier molecular flexibility index (Phi) is 13.2. The zero-order chi connectivity index (χ0) is 13.2. The van der Waals surface area contributed by atoms with Gasteiger partial charge in [-0.25, -0.2) is 0 Å². The summed E-state index contributed by atoms with van der Waals surface area (Å²) in [5, 5.41) is 8.28. The minimum Gasteiger partial charge on any atom is -0.353 e. The number of pyridine rings is 1. The van der Waals surface area contributed by atoms with E-state index in [1.54, 1.807) is 18.2 Å². The maximum absolute atomic E-state index is 11.6. The first-order valence-electron chi connectivity index (χ1n) is 5.90. The minimum absolute atomic E-state index is 0. The molecule has 0 bridgehead atoms. The fourth-order valence-corrected chi connectivity index (χ4v) is 1.28. The van der Waals surface area contributed by atoms with Crippen LogP contribution >= 0.6 is 24.8 Å². The molecule has 0 saturated carbocycles. The molecule has 0 fully saturated rings. The molecule has 0 aliphatic rings. The Morgan fingerprint density at radius 2 is 1.90 bits per heavy atom. The normalized spacial score (nSPS) is 8.85. The third-order valence-corrected chi connectivity index (χ3v) is 2.18. The van der Waals surface area contributed by atoms with Crippen molar-refractivity contribution in [2.24, 2.45) is 0 Å². The zero-order valence-corrected chi connectivity index (χ0v) is 12.9.